The zero-order valence-electron chi connectivity index (χ0n) is 18.1. The van der Waals surface area contributed by atoms with Crippen LogP contribution < -0.4 is 14.2 Å². The van der Waals surface area contributed by atoms with Crippen molar-refractivity contribution in [1.29, 1.82) is 0 Å². The molecule has 0 heterocycles. The van der Waals surface area contributed by atoms with Crippen LogP contribution in [0.25, 0.3) is 0 Å². The Morgan fingerprint density at radius 1 is 0.800 bits per heavy atom. The van der Waals surface area contributed by atoms with Gasteiger partial charge in [0.2, 0.25) is 5.90 Å². The van der Waals surface area contributed by atoms with Gasteiger partial charge in [0, 0.05) is 5.57 Å². The maximum absolute atomic E-state index is 6.14. The first-order chi connectivity index (χ1) is 14.4. The van der Waals surface area contributed by atoms with Gasteiger partial charge in [-0.3, -0.25) is 0 Å². The molecule has 0 unspecified atom stereocenters. The molecule has 3 rings (SSSR count). The standard InChI is InChI=1S/C26H27NO3/c1-18-7-6-8-25(15-18)30-26(27-22-10-9-19(2)20(3)16-22)21(4)17-29-24-13-11-23(28-5)12-14-24/h6-17H,1-5H3/b21-17+,27-26+. The second kappa shape index (κ2) is 9.79. The van der Waals surface area contributed by atoms with Gasteiger partial charge in [0.05, 0.1) is 19.1 Å². The summed E-state index contributed by atoms with van der Waals surface area (Å²) < 4.78 is 17.1. The van der Waals surface area contributed by atoms with E-state index in [9.17, 15) is 0 Å². The highest BCUT2D eigenvalue weighted by Crippen LogP contribution is 2.22. The number of aliphatic imine (C=N–C) groups is 1. The van der Waals surface area contributed by atoms with Crippen LogP contribution in [-0.4, -0.2) is 13.0 Å². The number of methoxy groups -OCH3 is 1. The van der Waals surface area contributed by atoms with Crippen molar-refractivity contribution in [2.45, 2.75) is 27.7 Å². The molecule has 0 aliphatic heterocycles. The fraction of sp³-hybridized carbons (Fsp3) is 0.192. The smallest absolute Gasteiger partial charge is 0.225 e. The van der Waals surface area contributed by atoms with E-state index in [4.69, 9.17) is 19.2 Å². The monoisotopic (exact) mass is 401 g/mol. The molecule has 3 aromatic carbocycles. The third kappa shape index (κ3) is 5.74. The number of ether oxygens (including phenoxy) is 3. The Kier molecular flexibility index (Phi) is 6.91. The first-order valence-corrected chi connectivity index (χ1v) is 9.83. The maximum Gasteiger partial charge on any atom is 0.225 e. The summed E-state index contributed by atoms with van der Waals surface area (Å²) in [5.74, 6) is 2.70. The molecular formula is C26H27NO3. The lowest BCUT2D eigenvalue weighted by Crippen LogP contribution is -2.11. The summed E-state index contributed by atoms with van der Waals surface area (Å²) in [7, 11) is 1.64. The van der Waals surface area contributed by atoms with Gasteiger partial charge >= 0.3 is 0 Å². The number of hydrogen-bond donors (Lipinski definition) is 0. The molecule has 30 heavy (non-hydrogen) atoms. The quantitative estimate of drug-likeness (QED) is 0.262. The summed E-state index contributed by atoms with van der Waals surface area (Å²) in [5, 5.41) is 0. The van der Waals surface area contributed by atoms with Gasteiger partial charge in [0.1, 0.15) is 17.2 Å². The molecule has 0 radical (unpaired) electrons. The molecule has 0 spiro atoms. The average molecular weight is 402 g/mol. The molecule has 0 aromatic heterocycles. The summed E-state index contributed by atoms with van der Waals surface area (Å²) >= 11 is 0. The molecule has 0 saturated heterocycles. The number of nitrogens with zero attached hydrogens (tertiary/aromatic N) is 1. The largest absolute Gasteiger partial charge is 0.497 e. The fourth-order valence-corrected chi connectivity index (χ4v) is 2.76. The lowest BCUT2D eigenvalue weighted by atomic mass is 10.1. The van der Waals surface area contributed by atoms with Crippen molar-refractivity contribution in [1.82, 2.24) is 0 Å². The molecule has 0 fully saturated rings. The second-order valence-corrected chi connectivity index (χ2v) is 7.20. The second-order valence-electron chi connectivity index (χ2n) is 7.20. The van der Waals surface area contributed by atoms with Gasteiger partial charge in [-0.05, 0) is 92.9 Å². The van der Waals surface area contributed by atoms with Crippen LogP contribution in [0, 0.1) is 20.8 Å². The van der Waals surface area contributed by atoms with E-state index in [1.165, 1.54) is 11.1 Å². The van der Waals surface area contributed by atoms with E-state index in [-0.39, 0.29) is 0 Å². The van der Waals surface area contributed by atoms with Gasteiger partial charge in [-0.25, -0.2) is 4.99 Å². The maximum atomic E-state index is 6.14. The molecule has 4 nitrogen and oxygen atoms in total. The molecular weight excluding hydrogens is 374 g/mol. The summed E-state index contributed by atoms with van der Waals surface area (Å²) in [6.07, 6.45) is 1.65. The van der Waals surface area contributed by atoms with Crippen LogP contribution in [0.15, 0.2) is 83.6 Å². The minimum atomic E-state index is 0.484. The molecule has 0 bridgehead atoms. The number of benzene rings is 3. The Morgan fingerprint density at radius 2 is 1.53 bits per heavy atom. The number of rotatable bonds is 6. The first-order valence-electron chi connectivity index (χ1n) is 9.83. The topological polar surface area (TPSA) is 40.0 Å². The normalized spacial score (nSPS) is 11.9. The molecule has 3 aromatic rings. The third-order valence-corrected chi connectivity index (χ3v) is 4.69. The molecule has 0 atom stereocenters. The summed E-state index contributed by atoms with van der Waals surface area (Å²) in [6, 6.07) is 21.4. The van der Waals surface area contributed by atoms with Gasteiger partial charge in [-0.15, -0.1) is 0 Å². The van der Waals surface area contributed by atoms with Gasteiger partial charge in [0.25, 0.3) is 0 Å². The van der Waals surface area contributed by atoms with Crippen molar-refractivity contribution >= 4 is 11.6 Å². The Morgan fingerprint density at radius 3 is 2.20 bits per heavy atom. The highest BCUT2D eigenvalue weighted by Gasteiger charge is 2.09. The fourth-order valence-electron chi connectivity index (χ4n) is 2.76. The Bertz CT molecular complexity index is 1070. The van der Waals surface area contributed by atoms with Crippen LogP contribution in [0.1, 0.15) is 23.6 Å². The summed E-state index contributed by atoms with van der Waals surface area (Å²) in [6.45, 7) is 8.10. The van der Waals surface area contributed by atoms with Crippen molar-refractivity contribution in [2.75, 3.05) is 7.11 Å². The zero-order chi connectivity index (χ0) is 21.5. The van der Waals surface area contributed by atoms with Crippen LogP contribution >= 0.6 is 0 Å². The molecule has 4 heteroatoms. The van der Waals surface area contributed by atoms with Crippen molar-refractivity contribution < 1.29 is 14.2 Å². The van der Waals surface area contributed by atoms with Crippen molar-refractivity contribution in [2.24, 2.45) is 4.99 Å². The van der Waals surface area contributed by atoms with Gasteiger partial charge in [0.15, 0.2) is 0 Å². The van der Waals surface area contributed by atoms with E-state index in [1.54, 1.807) is 13.4 Å². The Hall–Kier alpha value is -3.53. The average Bonchev–Trinajstić information content (AvgIpc) is 2.74. The van der Waals surface area contributed by atoms with Gasteiger partial charge < -0.3 is 14.2 Å². The zero-order valence-corrected chi connectivity index (χ0v) is 18.1. The number of aryl methyl sites for hydroxylation is 3. The Balaban J connectivity index is 1.90. The van der Waals surface area contributed by atoms with E-state index in [1.807, 2.05) is 74.5 Å². The van der Waals surface area contributed by atoms with Crippen LogP contribution in [0.4, 0.5) is 5.69 Å². The lowest BCUT2D eigenvalue weighted by molar-refractivity contribution is 0.412. The Labute approximate surface area is 178 Å². The summed E-state index contributed by atoms with van der Waals surface area (Å²) in [4.78, 5) is 4.75. The van der Waals surface area contributed by atoms with E-state index < -0.39 is 0 Å². The van der Waals surface area contributed by atoms with Crippen LogP contribution in [-0.2, 0) is 0 Å². The highest BCUT2D eigenvalue weighted by molar-refractivity contribution is 5.96. The van der Waals surface area contributed by atoms with E-state index in [0.29, 0.717) is 11.6 Å². The SMILES string of the molecule is COc1ccc(O/C=C(C)/C(=N\c2ccc(C)c(C)c2)Oc2cccc(C)c2)cc1. The van der Waals surface area contributed by atoms with Crippen LogP contribution in [0.2, 0.25) is 0 Å². The molecule has 0 saturated carbocycles. The predicted octanol–water partition coefficient (Wildman–Crippen LogP) is 6.71. The predicted molar refractivity (Wildman–Crippen MR) is 122 cm³/mol. The van der Waals surface area contributed by atoms with Crippen LogP contribution in [0.3, 0.4) is 0 Å². The highest BCUT2D eigenvalue weighted by atomic mass is 16.5. The lowest BCUT2D eigenvalue weighted by Gasteiger charge is -2.11. The molecule has 0 N–H and O–H groups in total. The van der Waals surface area contributed by atoms with Crippen molar-refractivity contribution in [3.63, 3.8) is 0 Å². The van der Waals surface area contributed by atoms with E-state index >= 15 is 0 Å². The van der Waals surface area contributed by atoms with Gasteiger partial charge in [-0.2, -0.15) is 0 Å². The molecule has 0 aliphatic carbocycles. The minimum absolute atomic E-state index is 0.484. The van der Waals surface area contributed by atoms with Crippen molar-refractivity contribution in [3.05, 3.63) is 95.3 Å². The van der Waals surface area contributed by atoms with Crippen molar-refractivity contribution in [3.8, 4) is 17.2 Å². The molecule has 154 valence electrons. The van der Waals surface area contributed by atoms with Gasteiger partial charge in [-0.1, -0.05) is 18.2 Å². The van der Waals surface area contributed by atoms with E-state index in [0.717, 1.165) is 28.3 Å². The molecule has 0 aliphatic rings. The van der Waals surface area contributed by atoms with E-state index in [2.05, 4.69) is 19.9 Å². The number of hydrogen-bond acceptors (Lipinski definition) is 4. The third-order valence-electron chi connectivity index (χ3n) is 4.69. The summed E-state index contributed by atoms with van der Waals surface area (Å²) in [5.41, 5.74) is 5.13. The van der Waals surface area contributed by atoms with Crippen LogP contribution in [0.5, 0.6) is 17.2 Å². The minimum Gasteiger partial charge on any atom is -0.497 e. The molecule has 0 amide bonds. The first kappa shape index (κ1) is 21.2.